The highest BCUT2D eigenvalue weighted by atomic mass is 35.5. The first kappa shape index (κ1) is 11.5. The first-order valence-corrected chi connectivity index (χ1v) is 5.98. The lowest BCUT2D eigenvalue weighted by Gasteiger charge is -2.16. The molecule has 1 heterocycles. The van der Waals surface area contributed by atoms with E-state index in [0.717, 1.165) is 5.56 Å². The van der Waals surface area contributed by atoms with Crippen molar-refractivity contribution in [2.45, 2.75) is 6.04 Å². The molecule has 2 nitrogen and oxygen atoms in total. The van der Waals surface area contributed by atoms with E-state index in [0.29, 0.717) is 5.56 Å². The molecule has 0 spiro atoms. The highest BCUT2D eigenvalue weighted by Crippen LogP contribution is 2.30. The SMILES string of the molecule is NNC(c1ccsc1)c1cccc(F)c1Cl. The molecule has 1 atom stereocenters. The number of halogens is 2. The third kappa shape index (κ3) is 2.10. The molecule has 0 saturated heterocycles. The van der Waals surface area contributed by atoms with Crippen LogP contribution in [0.2, 0.25) is 5.02 Å². The Labute approximate surface area is 102 Å². The van der Waals surface area contributed by atoms with E-state index in [1.54, 1.807) is 23.5 Å². The zero-order valence-electron chi connectivity index (χ0n) is 8.28. The zero-order chi connectivity index (χ0) is 11.5. The summed E-state index contributed by atoms with van der Waals surface area (Å²) < 4.78 is 13.3. The first-order valence-electron chi connectivity index (χ1n) is 4.66. The summed E-state index contributed by atoms with van der Waals surface area (Å²) in [5.41, 5.74) is 4.26. The van der Waals surface area contributed by atoms with Gasteiger partial charge in [0, 0.05) is 0 Å². The number of rotatable bonds is 3. The van der Waals surface area contributed by atoms with Crippen molar-refractivity contribution in [1.82, 2.24) is 5.43 Å². The van der Waals surface area contributed by atoms with Gasteiger partial charge in [0.25, 0.3) is 0 Å². The van der Waals surface area contributed by atoms with Crippen LogP contribution >= 0.6 is 22.9 Å². The number of nitrogens with one attached hydrogen (secondary N) is 1. The predicted molar refractivity (Wildman–Crippen MR) is 64.9 cm³/mol. The Bertz CT molecular complexity index is 473. The van der Waals surface area contributed by atoms with Crippen LogP contribution in [0, 0.1) is 5.82 Å². The maximum atomic E-state index is 13.3. The molecule has 0 bridgehead atoms. The van der Waals surface area contributed by atoms with Gasteiger partial charge in [0.1, 0.15) is 5.82 Å². The molecule has 2 rings (SSSR count). The Kier molecular flexibility index (Phi) is 3.56. The van der Waals surface area contributed by atoms with Crippen LogP contribution in [0.1, 0.15) is 17.2 Å². The van der Waals surface area contributed by atoms with Gasteiger partial charge in [0.05, 0.1) is 11.1 Å². The summed E-state index contributed by atoms with van der Waals surface area (Å²) in [6, 6.07) is 6.35. The minimum Gasteiger partial charge on any atom is -0.271 e. The molecule has 1 aromatic carbocycles. The van der Waals surface area contributed by atoms with Crippen LogP contribution in [-0.2, 0) is 0 Å². The van der Waals surface area contributed by atoms with Gasteiger partial charge in [-0.15, -0.1) is 0 Å². The Morgan fingerprint density at radius 2 is 2.19 bits per heavy atom. The third-order valence-electron chi connectivity index (χ3n) is 2.34. The molecule has 1 aromatic heterocycles. The summed E-state index contributed by atoms with van der Waals surface area (Å²) in [4.78, 5) is 0. The van der Waals surface area contributed by atoms with Gasteiger partial charge in [0.2, 0.25) is 0 Å². The smallest absolute Gasteiger partial charge is 0.142 e. The fraction of sp³-hybridized carbons (Fsp3) is 0.0909. The van der Waals surface area contributed by atoms with Gasteiger partial charge < -0.3 is 0 Å². The Morgan fingerprint density at radius 1 is 1.38 bits per heavy atom. The first-order chi connectivity index (χ1) is 7.74. The predicted octanol–water partition coefficient (Wildman–Crippen LogP) is 3.09. The van der Waals surface area contributed by atoms with Gasteiger partial charge in [0.15, 0.2) is 0 Å². The monoisotopic (exact) mass is 256 g/mol. The number of nitrogens with two attached hydrogens (primary N) is 1. The van der Waals surface area contributed by atoms with Crippen molar-refractivity contribution in [3.8, 4) is 0 Å². The van der Waals surface area contributed by atoms with Gasteiger partial charge in [-0.05, 0) is 34.0 Å². The van der Waals surface area contributed by atoms with Crippen molar-refractivity contribution in [3.63, 3.8) is 0 Å². The molecule has 2 aromatic rings. The molecule has 0 saturated carbocycles. The van der Waals surface area contributed by atoms with Crippen molar-refractivity contribution < 1.29 is 4.39 Å². The van der Waals surface area contributed by atoms with Crippen LogP contribution in [0.25, 0.3) is 0 Å². The summed E-state index contributed by atoms with van der Waals surface area (Å²) in [6.45, 7) is 0. The van der Waals surface area contributed by atoms with Gasteiger partial charge in [-0.2, -0.15) is 11.3 Å². The van der Waals surface area contributed by atoms with Crippen molar-refractivity contribution in [2.24, 2.45) is 5.84 Å². The van der Waals surface area contributed by atoms with Gasteiger partial charge >= 0.3 is 0 Å². The molecule has 3 N–H and O–H groups in total. The summed E-state index contributed by atoms with van der Waals surface area (Å²) in [5.74, 6) is 5.05. The average molecular weight is 257 g/mol. The Balaban J connectivity index is 2.45. The molecular weight excluding hydrogens is 247 g/mol. The summed E-state index contributed by atoms with van der Waals surface area (Å²) in [7, 11) is 0. The highest BCUT2D eigenvalue weighted by Gasteiger charge is 2.17. The van der Waals surface area contributed by atoms with Crippen molar-refractivity contribution in [2.75, 3.05) is 0 Å². The van der Waals surface area contributed by atoms with Crippen LogP contribution in [0.3, 0.4) is 0 Å². The fourth-order valence-corrected chi connectivity index (χ4v) is 2.47. The quantitative estimate of drug-likeness (QED) is 0.654. The van der Waals surface area contributed by atoms with E-state index in [2.05, 4.69) is 5.43 Å². The zero-order valence-corrected chi connectivity index (χ0v) is 9.86. The lowest BCUT2D eigenvalue weighted by Crippen LogP contribution is -2.28. The summed E-state index contributed by atoms with van der Waals surface area (Å²) >= 11 is 7.47. The minimum atomic E-state index is -0.436. The standard InChI is InChI=1S/C11H10ClFN2S/c12-10-8(2-1-3-9(10)13)11(15-14)7-4-5-16-6-7/h1-6,11,15H,14H2. The van der Waals surface area contributed by atoms with Gasteiger partial charge in [-0.25, -0.2) is 9.82 Å². The second-order valence-electron chi connectivity index (χ2n) is 3.30. The average Bonchev–Trinajstić information content (AvgIpc) is 2.79. The molecule has 0 fully saturated rings. The highest BCUT2D eigenvalue weighted by molar-refractivity contribution is 7.08. The van der Waals surface area contributed by atoms with E-state index < -0.39 is 5.82 Å². The van der Waals surface area contributed by atoms with E-state index in [4.69, 9.17) is 17.4 Å². The summed E-state index contributed by atoms with van der Waals surface area (Å²) in [6.07, 6.45) is 0. The number of thiophene rings is 1. The van der Waals surface area contributed by atoms with Crippen LogP contribution < -0.4 is 11.3 Å². The second-order valence-corrected chi connectivity index (χ2v) is 4.46. The van der Waals surface area contributed by atoms with Crippen molar-refractivity contribution in [1.29, 1.82) is 0 Å². The van der Waals surface area contributed by atoms with Crippen LogP contribution in [0.4, 0.5) is 4.39 Å². The van der Waals surface area contributed by atoms with E-state index >= 15 is 0 Å². The van der Waals surface area contributed by atoms with Crippen LogP contribution in [-0.4, -0.2) is 0 Å². The lowest BCUT2D eigenvalue weighted by molar-refractivity contribution is 0.606. The van der Waals surface area contributed by atoms with E-state index in [9.17, 15) is 4.39 Å². The molecular formula is C11H10ClFN2S. The number of benzene rings is 1. The van der Waals surface area contributed by atoms with Crippen molar-refractivity contribution >= 4 is 22.9 Å². The van der Waals surface area contributed by atoms with Gasteiger partial charge in [-0.1, -0.05) is 23.7 Å². The Morgan fingerprint density at radius 3 is 2.81 bits per heavy atom. The molecule has 0 amide bonds. The second kappa shape index (κ2) is 4.93. The molecule has 5 heteroatoms. The summed E-state index contributed by atoms with van der Waals surface area (Å²) in [5, 5.41) is 4.00. The molecule has 0 aliphatic heterocycles. The van der Waals surface area contributed by atoms with Crippen LogP contribution in [0.15, 0.2) is 35.0 Å². The molecule has 84 valence electrons. The number of hydrogen-bond donors (Lipinski definition) is 2. The maximum Gasteiger partial charge on any atom is 0.142 e. The topological polar surface area (TPSA) is 38.0 Å². The van der Waals surface area contributed by atoms with Gasteiger partial charge in [-0.3, -0.25) is 5.84 Å². The molecule has 1 unspecified atom stereocenters. The fourth-order valence-electron chi connectivity index (χ4n) is 1.55. The Hall–Kier alpha value is -0.940. The molecule has 0 radical (unpaired) electrons. The number of hydrogen-bond acceptors (Lipinski definition) is 3. The van der Waals surface area contributed by atoms with E-state index in [-0.39, 0.29) is 11.1 Å². The minimum absolute atomic E-state index is 0.108. The third-order valence-corrected chi connectivity index (χ3v) is 3.44. The normalized spacial score (nSPS) is 12.7. The lowest BCUT2D eigenvalue weighted by atomic mass is 10.0. The largest absolute Gasteiger partial charge is 0.271 e. The molecule has 0 aliphatic rings. The molecule has 0 aliphatic carbocycles. The molecule has 16 heavy (non-hydrogen) atoms. The van der Waals surface area contributed by atoms with Crippen molar-refractivity contribution in [3.05, 3.63) is 57.0 Å². The van der Waals surface area contributed by atoms with E-state index in [1.165, 1.54) is 6.07 Å². The maximum absolute atomic E-state index is 13.3. The van der Waals surface area contributed by atoms with Crippen LogP contribution in [0.5, 0.6) is 0 Å². The van der Waals surface area contributed by atoms with E-state index in [1.807, 2.05) is 16.8 Å². The number of hydrazine groups is 1.